The highest BCUT2D eigenvalue weighted by Crippen LogP contribution is 2.30. The minimum Gasteiger partial charge on any atom is -0.508 e. The molecule has 0 saturated heterocycles. The molecule has 8 nitrogen and oxygen atoms in total. The molecule has 1 heterocycles. The van der Waals surface area contributed by atoms with E-state index in [1.807, 2.05) is 12.2 Å². The first-order chi connectivity index (χ1) is 25.0. The number of hydrogen-bond acceptors (Lipinski definition) is 7. The molecule has 0 radical (unpaired) electrons. The maximum absolute atomic E-state index is 12.2. The average molecular weight is 718 g/mol. The summed E-state index contributed by atoms with van der Waals surface area (Å²) in [6.07, 6.45) is 12.7. The molecule has 2 aromatic rings. The van der Waals surface area contributed by atoms with Crippen molar-refractivity contribution < 1.29 is 35.4 Å². The van der Waals surface area contributed by atoms with E-state index in [9.17, 15) is 30.3 Å². The quantitative estimate of drug-likeness (QED) is 0.0576. The van der Waals surface area contributed by atoms with Gasteiger partial charge in [0, 0.05) is 36.9 Å². The second kappa shape index (κ2) is 22.6. The third-order valence-corrected chi connectivity index (χ3v) is 10.2. The zero-order valence-corrected chi connectivity index (χ0v) is 31.6. The number of phenols is 1. The summed E-state index contributed by atoms with van der Waals surface area (Å²) in [5.74, 6) is 6.26. The van der Waals surface area contributed by atoms with Crippen LogP contribution < -0.4 is 5.32 Å². The molecule has 3 rings (SSSR count). The van der Waals surface area contributed by atoms with Gasteiger partial charge in [0.15, 0.2) is 0 Å². The number of aliphatic carboxylic acids is 1. The fraction of sp³-hybridized carbons (Fsp3) is 0.568. The van der Waals surface area contributed by atoms with E-state index in [2.05, 4.69) is 49.2 Å². The van der Waals surface area contributed by atoms with Crippen LogP contribution in [-0.4, -0.2) is 73.1 Å². The van der Waals surface area contributed by atoms with Crippen LogP contribution in [0.15, 0.2) is 65.8 Å². The van der Waals surface area contributed by atoms with Crippen molar-refractivity contribution in [2.45, 2.75) is 153 Å². The number of aryl methyl sites for hydroxylation is 2. The number of phenolic OH excluding ortho intramolecular Hbond substituents is 1. The van der Waals surface area contributed by atoms with E-state index in [1.54, 1.807) is 31.2 Å². The predicted octanol–water partition coefficient (Wildman–Crippen LogP) is 6.93. The number of benzene rings is 2. The fourth-order valence-corrected chi connectivity index (χ4v) is 7.11. The Morgan fingerprint density at radius 3 is 2.46 bits per heavy atom. The first-order valence-corrected chi connectivity index (χ1v) is 19.4. The number of carbonyl (C=O) groups is 1. The van der Waals surface area contributed by atoms with Gasteiger partial charge in [0.05, 0.1) is 24.4 Å². The Morgan fingerprint density at radius 2 is 1.77 bits per heavy atom. The van der Waals surface area contributed by atoms with Gasteiger partial charge in [-0.1, -0.05) is 107 Å². The molecule has 52 heavy (non-hydrogen) atoms. The molecule has 8 heteroatoms. The van der Waals surface area contributed by atoms with E-state index in [-0.39, 0.29) is 24.6 Å². The normalized spacial score (nSPS) is 19.1. The zero-order chi connectivity index (χ0) is 37.9. The molecule has 0 spiro atoms. The van der Waals surface area contributed by atoms with Crippen molar-refractivity contribution in [2.24, 2.45) is 0 Å². The molecule has 0 bridgehead atoms. The minimum atomic E-state index is -1.27. The van der Waals surface area contributed by atoms with Crippen LogP contribution in [0, 0.1) is 11.8 Å². The van der Waals surface area contributed by atoms with Crippen LogP contribution in [0.3, 0.4) is 0 Å². The number of aliphatic hydroxyl groups is 4. The van der Waals surface area contributed by atoms with Crippen LogP contribution in [0.25, 0.3) is 0 Å². The molecule has 286 valence electrons. The second-order valence-electron chi connectivity index (χ2n) is 14.6. The van der Waals surface area contributed by atoms with Crippen molar-refractivity contribution in [3.63, 3.8) is 0 Å². The van der Waals surface area contributed by atoms with Crippen LogP contribution in [0.2, 0.25) is 0 Å². The summed E-state index contributed by atoms with van der Waals surface area (Å²) in [7, 11) is 0. The minimum absolute atomic E-state index is 0.132. The topological polar surface area (TPSA) is 150 Å². The summed E-state index contributed by atoms with van der Waals surface area (Å²) in [4.78, 5) is 11.1. The van der Waals surface area contributed by atoms with Crippen molar-refractivity contribution in [2.75, 3.05) is 6.61 Å². The number of nitrogens with one attached hydrogen (secondary N) is 1. The first kappa shape index (κ1) is 43.0. The van der Waals surface area contributed by atoms with E-state index < -0.39 is 36.4 Å². The van der Waals surface area contributed by atoms with Gasteiger partial charge < -0.3 is 36.0 Å². The Labute approximate surface area is 311 Å². The number of aliphatic hydroxyl groups excluding tert-OH is 3. The maximum atomic E-state index is 12.2. The summed E-state index contributed by atoms with van der Waals surface area (Å²) in [5.41, 5.74) is 4.78. The standard InChI is InChI=1S/C44H63NO7/c1-4-6-9-16-36(47)28-25-35-24-23-34-15-12-14-33(5-2)39(34)17-13-19-42(44(3,52)30-32-21-26-37(48)27-22-32)45-41(40(35)29-38(49)31-46)18-10-7-8-11-20-43(50)51/h12,14-15,21-22,25-28,36,38,41-42,45-49,52H,4-11,16,18-20,23-24,29-31H2,1-3H3,(H,50,51). The van der Waals surface area contributed by atoms with Crippen molar-refractivity contribution >= 4 is 5.97 Å². The molecule has 5 atom stereocenters. The van der Waals surface area contributed by atoms with Crippen molar-refractivity contribution in [3.05, 3.63) is 88.0 Å². The number of rotatable bonds is 20. The molecule has 0 aliphatic carbocycles. The molecule has 0 aromatic heterocycles. The number of allylic oxidation sites excluding steroid dienone is 2. The molecule has 0 fully saturated rings. The molecule has 1 aliphatic heterocycles. The van der Waals surface area contributed by atoms with Gasteiger partial charge in [0.2, 0.25) is 0 Å². The van der Waals surface area contributed by atoms with Crippen LogP contribution in [-0.2, 0) is 24.1 Å². The van der Waals surface area contributed by atoms with Gasteiger partial charge in [0.1, 0.15) is 5.75 Å². The average Bonchev–Trinajstić information content (AvgIpc) is 3.11. The van der Waals surface area contributed by atoms with Crippen molar-refractivity contribution in [1.29, 1.82) is 0 Å². The summed E-state index contributed by atoms with van der Waals surface area (Å²) in [5, 5.41) is 67.1. The van der Waals surface area contributed by atoms with E-state index in [0.29, 0.717) is 44.9 Å². The highest BCUT2D eigenvalue weighted by atomic mass is 16.4. The molecule has 0 saturated carbocycles. The largest absolute Gasteiger partial charge is 0.508 e. The lowest BCUT2D eigenvalue weighted by molar-refractivity contribution is -0.137. The first-order valence-electron chi connectivity index (χ1n) is 19.4. The number of aromatic hydroxyl groups is 1. The molecule has 2 aromatic carbocycles. The van der Waals surface area contributed by atoms with E-state index in [1.165, 1.54) is 0 Å². The van der Waals surface area contributed by atoms with E-state index in [0.717, 1.165) is 78.3 Å². The van der Waals surface area contributed by atoms with Gasteiger partial charge in [-0.25, -0.2) is 0 Å². The van der Waals surface area contributed by atoms with Gasteiger partial charge in [-0.2, -0.15) is 0 Å². The third kappa shape index (κ3) is 14.5. The summed E-state index contributed by atoms with van der Waals surface area (Å²) >= 11 is 0. The zero-order valence-electron chi connectivity index (χ0n) is 31.6. The highest BCUT2D eigenvalue weighted by Gasteiger charge is 2.35. The molecule has 0 amide bonds. The maximum Gasteiger partial charge on any atom is 0.303 e. The number of hydrogen-bond donors (Lipinski definition) is 7. The Bertz CT molecular complexity index is 1500. The van der Waals surface area contributed by atoms with Gasteiger partial charge in [0.25, 0.3) is 0 Å². The van der Waals surface area contributed by atoms with Crippen LogP contribution in [0.1, 0.15) is 126 Å². The molecule has 7 N–H and O–H groups in total. The number of carboxylic acid groups (broad SMARTS) is 1. The second-order valence-corrected chi connectivity index (χ2v) is 14.6. The van der Waals surface area contributed by atoms with Gasteiger partial charge in [-0.05, 0) is 91.8 Å². The van der Waals surface area contributed by atoms with Gasteiger partial charge >= 0.3 is 5.97 Å². The van der Waals surface area contributed by atoms with Crippen LogP contribution in [0.5, 0.6) is 5.75 Å². The summed E-state index contributed by atoms with van der Waals surface area (Å²) < 4.78 is 0. The third-order valence-electron chi connectivity index (χ3n) is 10.2. The number of unbranched alkanes of at least 4 members (excludes halogenated alkanes) is 5. The summed E-state index contributed by atoms with van der Waals surface area (Å²) in [6, 6.07) is 12.3. The van der Waals surface area contributed by atoms with E-state index >= 15 is 0 Å². The molecule has 5 unspecified atom stereocenters. The predicted molar refractivity (Wildman–Crippen MR) is 208 cm³/mol. The van der Waals surface area contributed by atoms with Crippen molar-refractivity contribution in [3.8, 4) is 17.6 Å². The fourth-order valence-electron chi connectivity index (χ4n) is 7.11. The van der Waals surface area contributed by atoms with Crippen molar-refractivity contribution in [1.82, 2.24) is 5.32 Å². The molecular weight excluding hydrogens is 654 g/mol. The number of carboxylic acids is 1. The van der Waals surface area contributed by atoms with Gasteiger partial charge in [-0.3, -0.25) is 4.79 Å². The lowest BCUT2D eigenvalue weighted by Gasteiger charge is -2.38. The monoisotopic (exact) mass is 717 g/mol. The smallest absolute Gasteiger partial charge is 0.303 e. The summed E-state index contributed by atoms with van der Waals surface area (Å²) in [6.45, 7) is 5.66. The Balaban J connectivity index is 2.18. The lowest BCUT2D eigenvalue weighted by Crippen LogP contribution is -2.54. The van der Waals surface area contributed by atoms with Crippen LogP contribution >= 0.6 is 0 Å². The Morgan fingerprint density at radius 1 is 1.02 bits per heavy atom. The lowest BCUT2D eigenvalue weighted by atomic mass is 9.83. The number of fused-ring (bicyclic) bond motifs is 1. The SMILES string of the molecule is CCCCCC(O)C=CC1=C(CC(O)CO)C(CCCCCCC(=O)O)NC(C(C)(O)Cc2ccc(O)cc2)CC#Cc2c(CC)cccc2CC1. The highest BCUT2D eigenvalue weighted by molar-refractivity contribution is 5.66. The Hall–Kier alpha value is -3.45. The Kier molecular flexibility index (Phi) is 18.7. The van der Waals surface area contributed by atoms with Gasteiger partial charge in [-0.15, -0.1) is 0 Å². The van der Waals surface area contributed by atoms with Crippen LogP contribution in [0.4, 0.5) is 0 Å². The van der Waals surface area contributed by atoms with E-state index in [4.69, 9.17) is 5.11 Å². The molecule has 1 aliphatic rings. The molecular formula is C44H63NO7.